The summed E-state index contributed by atoms with van der Waals surface area (Å²) >= 11 is 0. The molecule has 0 unspecified atom stereocenters. The number of hydrogen-bond donors (Lipinski definition) is 2. The van der Waals surface area contributed by atoms with Crippen LogP contribution < -0.4 is 5.32 Å². The lowest BCUT2D eigenvalue weighted by atomic mass is 10.0. The number of aliphatic imine (C=N–C) groups is 1. The molecule has 0 aliphatic carbocycles. The van der Waals surface area contributed by atoms with Gasteiger partial charge < -0.3 is 5.32 Å². The second-order valence-corrected chi connectivity index (χ2v) is 8.50. The minimum absolute atomic E-state index is 0.0900. The van der Waals surface area contributed by atoms with Gasteiger partial charge in [0.2, 0.25) is 0 Å². The summed E-state index contributed by atoms with van der Waals surface area (Å²) < 4.78 is 26.9. The van der Waals surface area contributed by atoms with Gasteiger partial charge in [-0.15, -0.1) is 0 Å². The summed E-state index contributed by atoms with van der Waals surface area (Å²) in [6, 6.07) is 8.11. The van der Waals surface area contributed by atoms with Gasteiger partial charge in [-0.25, -0.2) is 8.78 Å². The first-order chi connectivity index (χ1) is 16.3. The van der Waals surface area contributed by atoms with Crippen molar-refractivity contribution in [1.82, 2.24) is 25.4 Å². The van der Waals surface area contributed by atoms with Crippen LogP contribution in [0.5, 0.6) is 0 Å². The summed E-state index contributed by atoms with van der Waals surface area (Å²) in [4.78, 5) is 10.6. The highest BCUT2D eigenvalue weighted by Crippen LogP contribution is 2.30. The van der Waals surface area contributed by atoms with E-state index in [0.29, 0.717) is 25.3 Å². The summed E-state index contributed by atoms with van der Waals surface area (Å²) in [6.07, 6.45) is 8.33. The second kappa shape index (κ2) is 10.1. The SMILES string of the molecule is C=CC=N/C=C(\C)NC(=C)c1n[nH]c2ccc(-c3cncc(CN4CCC(F)(F)CC4)c3)cc12. The van der Waals surface area contributed by atoms with Gasteiger partial charge in [0, 0.05) is 73.9 Å². The third-order valence-electron chi connectivity index (χ3n) is 5.78. The molecule has 2 aromatic heterocycles. The van der Waals surface area contributed by atoms with Crippen molar-refractivity contribution in [2.24, 2.45) is 4.99 Å². The smallest absolute Gasteiger partial charge is 0.250 e. The number of hydrogen-bond acceptors (Lipinski definition) is 5. The molecule has 0 saturated carbocycles. The van der Waals surface area contributed by atoms with E-state index in [1.807, 2.05) is 25.3 Å². The molecular weight excluding hydrogens is 434 g/mol. The Hall–Kier alpha value is -3.65. The first-order valence-corrected chi connectivity index (χ1v) is 11.1. The molecule has 1 aliphatic rings. The van der Waals surface area contributed by atoms with Gasteiger partial charge in [-0.1, -0.05) is 25.3 Å². The molecule has 34 heavy (non-hydrogen) atoms. The number of nitrogens with zero attached hydrogens (tertiary/aromatic N) is 4. The number of likely N-dealkylation sites (tertiary alicyclic amines) is 1. The van der Waals surface area contributed by atoms with Gasteiger partial charge in [0.05, 0.1) is 11.2 Å². The second-order valence-electron chi connectivity index (χ2n) is 8.50. The minimum Gasteiger partial charge on any atom is -0.357 e. The lowest BCUT2D eigenvalue weighted by Crippen LogP contribution is -2.38. The average molecular weight is 463 g/mol. The van der Waals surface area contributed by atoms with E-state index >= 15 is 0 Å². The molecule has 0 spiro atoms. The lowest BCUT2D eigenvalue weighted by molar-refractivity contribution is -0.0566. The van der Waals surface area contributed by atoms with E-state index in [9.17, 15) is 8.78 Å². The van der Waals surface area contributed by atoms with E-state index in [2.05, 4.69) is 55.7 Å². The molecule has 1 saturated heterocycles. The molecule has 8 heteroatoms. The number of nitrogens with one attached hydrogen (secondary N) is 2. The minimum atomic E-state index is -2.54. The van der Waals surface area contributed by atoms with Crippen LogP contribution in [0.3, 0.4) is 0 Å². The molecule has 6 nitrogen and oxygen atoms in total. The largest absolute Gasteiger partial charge is 0.357 e. The summed E-state index contributed by atoms with van der Waals surface area (Å²) in [5, 5.41) is 11.6. The molecule has 176 valence electrons. The summed E-state index contributed by atoms with van der Waals surface area (Å²) in [7, 11) is 0. The number of alkyl halides is 2. The van der Waals surface area contributed by atoms with Crippen molar-refractivity contribution in [1.29, 1.82) is 0 Å². The van der Waals surface area contributed by atoms with E-state index in [1.165, 1.54) is 0 Å². The van der Waals surface area contributed by atoms with Crippen molar-refractivity contribution in [3.63, 3.8) is 0 Å². The average Bonchev–Trinajstić information content (AvgIpc) is 3.24. The Kier molecular flexibility index (Phi) is 6.98. The molecule has 3 aromatic rings. The van der Waals surface area contributed by atoms with Crippen molar-refractivity contribution in [2.75, 3.05) is 13.1 Å². The quantitative estimate of drug-likeness (QED) is 0.432. The highest BCUT2D eigenvalue weighted by atomic mass is 19.3. The van der Waals surface area contributed by atoms with Crippen molar-refractivity contribution in [2.45, 2.75) is 32.2 Å². The molecule has 3 heterocycles. The van der Waals surface area contributed by atoms with Crippen LogP contribution in [-0.4, -0.2) is 45.3 Å². The monoisotopic (exact) mass is 462 g/mol. The molecule has 0 atom stereocenters. The van der Waals surface area contributed by atoms with Gasteiger partial charge in [-0.3, -0.25) is 20.0 Å². The van der Waals surface area contributed by atoms with E-state index in [4.69, 9.17) is 0 Å². The number of halogens is 2. The van der Waals surface area contributed by atoms with Crippen LogP contribution in [0.1, 0.15) is 31.0 Å². The van der Waals surface area contributed by atoms with Crippen LogP contribution in [0.25, 0.3) is 27.7 Å². The molecule has 1 aromatic carbocycles. The predicted molar refractivity (Wildman–Crippen MR) is 133 cm³/mol. The van der Waals surface area contributed by atoms with Gasteiger partial charge >= 0.3 is 0 Å². The highest BCUT2D eigenvalue weighted by molar-refractivity contribution is 5.92. The number of benzene rings is 1. The Morgan fingerprint density at radius 3 is 2.79 bits per heavy atom. The molecular formula is C26H28F2N6. The molecule has 1 fully saturated rings. The molecule has 0 radical (unpaired) electrons. The zero-order chi connectivity index (χ0) is 24.1. The number of aromatic amines is 1. The maximum atomic E-state index is 13.5. The number of piperidine rings is 1. The number of allylic oxidation sites excluding steroid dienone is 2. The Morgan fingerprint density at radius 1 is 1.24 bits per heavy atom. The van der Waals surface area contributed by atoms with Crippen molar-refractivity contribution < 1.29 is 8.78 Å². The Bertz CT molecular complexity index is 1250. The van der Waals surface area contributed by atoms with E-state index < -0.39 is 5.92 Å². The molecule has 1 aliphatic heterocycles. The van der Waals surface area contributed by atoms with Crippen LogP contribution >= 0.6 is 0 Å². The molecule has 2 N–H and O–H groups in total. The Balaban J connectivity index is 1.53. The summed E-state index contributed by atoms with van der Waals surface area (Å²) in [5.41, 5.74) is 6.04. The van der Waals surface area contributed by atoms with Gasteiger partial charge in [0.15, 0.2) is 0 Å². The first kappa shape index (κ1) is 23.5. The molecule has 0 bridgehead atoms. The van der Waals surface area contributed by atoms with E-state index in [1.54, 1.807) is 24.7 Å². The first-order valence-electron chi connectivity index (χ1n) is 11.1. The normalized spacial score (nSPS) is 16.7. The molecule has 4 rings (SSSR count). The van der Waals surface area contributed by atoms with Gasteiger partial charge in [-0.2, -0.15) is 5.10 Å². The van der Waals surface area contributed by atoms with Crippen LogP contribution in [0.4, 0.5) is 8.78 Å². The third kappa shape index (κ3) is 5.63. The van der Waals surface area contributed by atoms with E-state index in [0.717, 1.165) is 39.0 Å². The van der Waals surface area contributed by atoms with Crippen LogP contribution in [0.2, 0.25) is 0 Å². The zero-order valence-electron chi connectivity index (χ0n) is 19.2. The maximum Gasteiger partial charge on any atom is 0.250 e. The van der Waals surface area contributed by atoms with Crippen LogP contribution in [-0.2, 0) is 6.54 Å². The summed E-state index contributed by atoms with van der Waals surface area (Å²) in [5.74, 6) is -2.54. The van der Waals surface area contributed by atoms with Crippen molar-refractivity contribution >= 4 is 22.8 Å². The fourth-order valence-corrected chi connectivity index (χ4v) is 4.00. The standard InChI is InChI=1S/C26H28F2N6/c1-4-9-29-14-18(2)31-19(3)25-23-13-21(5-6-24(23)32-33-25)22-12-20(15-30-16-22)17-34-10-7-26(27,28)8-11-34/h4-6,9,12-16,31H,1,3,7-8,10-11,17H2,2H3,(H,32,33)/b18-14+,29-9?. The number of aromatic nitrogens is 3. The Labute approximate surface area is 197 Å². The number of H-pyrrole nitrogens is 1. The van der Waals surface area contributed by atoms with Crippen LogP contribution in [0.15, 0.2) is 72.8 Å². The highest BCUT2D eigenvalue weighted by Gasteiger charge is 2.33. The van der Waals surface area contributed by atoms with E-state index in [-0.39, 0.29) is 12.8 Å². The van der Waals surface area contributed by atoms with Crippen molar-refractivity contribution in [3.05, 3.63) is 79.0 Å². The maximum absolute atomic E-state index is 13.5. The van der Waals surface area contributed by atoms with Gasteiger partial charge in [-0.05, 0) is 36.2 Å². The number of fused-ring (bicyclic) bond motifs is 1. The number of pyridine rings is 1. The zero-order valence-corrected chi connectivity index (χ0v) is 19.2. The van der Waals surface area contributed by atoms with Crippen molar-refractivity contribution in [3.8, 4) is 11.1 Å². The van der Waals surface area contributed by atoms with Gasteiger partial charge in [0.1, 0.15) is 5.69 Å². The molecule has 0 amide bonds. The number of rotatable bonds is 8. The fourth-order valence-electron chi connectivity index (χ4n) is 4.00. The topological polar surface area (TPSA) is 69.2 Å². The Morgan fingerprint density at radius 2 is 2.03 bits per heavy atom. The summed E-state index contributed by atoms with van der Waals surface area (Å²) in [6.45, 7) is 11.0. The lowest BCUT2D eigenvalue weighted by Gasteiger charge is -2.31. The fraction of sp³-hybridized carbons (Fsp3) is 0.269. The van der Waals surface area contributed by atoms with Crippen LogP contribution in [0, 0.1) is 0 Å². The van der Waals surface area contributed by atoms with Gasteiger partial charge in [0.25, 0.3) is 5.92 Å². The predicted octanol–water partition coefficient (Wildman–Crippen LogP) is 5.53. The third-order valence-corrected chi connectivity index (χ3v) is 5.78.